The van der Waals surface area contributed by atoms with E-state index in [0.29, 0.717) is 144 Å². The number of ether oxygens (including phenoxy) is 8. The van der Waals surface area contributed by atoms with Crippen LogP contribution in [0.1, 0.15) is 85.2 Å². The van der Waals surface area contributed by atoms with Crippen molar-refractivity contribution in [1.29, 1.82) is 10.5 Å². The molecule has 0 spiro atoms. The Labute approximate surface area is 515 Å². The van der Waals surface area contributed by atoms with Gasteiger partial charge in [0.05, 0.1) is 106 Å². The maximum atomic E-state index is 12.4. The molecule has 0 bridgehead atoms. The van der Waals surface area contributed by atoms with Gasteiger partial charge in [0, 0.05) is 78.4 Å². The third-order valence-corrected chi connectivity index (χ3v) is 15.6. The summed E-state index contributed by atoms with van der Waals surface area (Å²) >= 11 is 6.26. The first-order valence-electron chi connectivity index (χ1n) is 28.2. The molecule has 24 heteroatoms. The van der Waals surface area contributed by atoms with Crippen molar-refractivity contribution in [3.05, 3.63) is 113 Å². The Hall–Kier alpha value is -8.97. The van der Waals surface area contributed by atoms with Crippen LogP contribution in [0.2, 0.25) is 5.02 Å². The van der Waals surface area contributed by atoms with Crippen molar-refractivity contribution < 1.29 is 65.6 Å². The summed E-state index contributed by atoms with van der Waals surface area (Å²) in [5.41, 5.74) is 5.98. The molecule has 0 unspecified atom stereocenters. The number of pyridine rings is 4. The fourth-order valence-corrected chi connectivity index (χ4v) is 9.96. The van der Waals surface area contributed by atoms with Crippen LogP contribution in [0.5, 0.6) is 34.5 Å². The summed E-state index contributed by atoms with van der Waals surface area (Å²) in [4.78, 5) is 45.0. The summed E-state index contributed by atoms with van der Waals surface area (Å²) in [5, 5.41) is 19.7. The number of rotatable bonds is 14. The molecular formula is C64H68BClN8O14. The van der Waals surface area contributed by atoms with Gasteiger partial charge in [-0.3, -0.25) is 9.59 Å². The number of hydrogen-bond acceptors (Lipinski definition) is 20. The Morgan fingerprint density at radius 1 is 0.568 bits per heavy atom. The van der Waals surface area contributed by atoms with Gasteiger partial charge in [0.15, 0.2) is 28.4 Å². The zero-order valence-electron chi connectivity index (χ0n) is 51.1. The molecule has 0 saturated carbocycles. The molecule has 3 saturated heterocycles. The van der Waals surface area contributed by atoms with Crippen molar-refractivity contribution in [2.24, 2.45) is 0 Å². The zero-order valence-corrected chi connectivity index (χ0v) is 51.9. The van der Waals surface area contributed by atoms with Crippen LogP contribution in [0, 0.1) is 22.7 Å². The number of nitriles is 2. The second-order valence-electron chi connectivity index (χ2n) is 22.1. The highest BCUT2D eigenvalue weighted by Gasteiger charge is 2.52. The van der Waals surface area contributed by atoms with E-state index >= 15 is 0 Å². The molecule has 0 atom stereocenters. The molecular weight excluding hydrogens is 1150 g/mol. The maximum absolute atomic E-state index is 12.4. The first kappa shape index (κ1) is 63.5. The van der Waals surface area contributed by atoms with E-state index < -0.39 is 18.3 Å². The molecule has 2 aromatic carbocycles. The van der Waals surface area contributed by atoms with Crippen LogP contribution < -0.4 is 33.9 Å². The Bertz CT molecular complexity index is 3920. The maximum Gasteiger partial charge on any atom is 0.494 e. The highest BCUT2D eigenvalue weighted by Crippen LogP contribution is 2.43. The van der Waals surface area contributed by atoms with Gasteiger partial charge in [-0.05, 0) is 75.1 Å². The number of halogens is 1. The summed E-state index contributed by atoms with van der Waals surface area (Å²) in [7, 11) is 12.3. The Kier molecular flexibility index (Phi) is 19.8. The molecule has 8 aromatic rings. The number of furan rings is 2. The third kappa shape index (κ3) is 13.7. The van der Waals surface area contributed by atoms with Crippen molar-refractivity contribution in [1.82, 2.24) is 29.7 Å². The molecule has 22 nitrogen and oxygen atoms in total. The second-order valence-corrected chi connectivity index (χ2v) is 22.5. The van der Waals surface area contributed by atoms with Crippen LogP contribution in [0.4, 0.5) is 0 Å². The standard InChI is InChI=1S/C29H28N4O6.C18H24BNO4.C17H16ClN3O4/c1-33(2)29(34)19-12-23(35-3)27(32-15-19)24-13-21-28(39-24)26(25(36-4)16-31-21)17-5-6-22(18(11-17)14-30)38-20-7-9-37-10-8-20;1-17(2)18(3,4)24-19(23-17)14-5-6-16(13(11-14)12-20)22-15-7-9-21-10-8-15;1-21(2)17(22)9-5-11(23-3)15(20-7-9)12-6-10-16(25-12)14(18)13(24-4)8-19-10/h5-6,11-13,15-16,20H,7-10H2,1-4H3;5-6,11,15H,7-10H2,1-4H3;5-8H,1-4H3. The van der Waals surface area contributed by atoms with Gasteiger partial charge in [-0.25, -0.2) is 19.9 Å². The summed E-state index contributed by atoms with van der Waals surface area (Å²) in [6.07, 6.45) is 9.47. The predicted octanol–water partition coefficient (Wildman–Crippen LogP) is 10.4. The number of carbonyl (C=O) groups excluding carboxylic acids is 2. The van der Waals surface area contributed by atoms with Crippen LogP contribution in [0.15, 0.2) is 94.3 Å². The fourth-order valence-electron chi connectivity index (χ4n) is 9.70. The van der Waals surface area contributed by atoms with Crippen molar-refractivity contribution >= 4 is 58.2 Å². The molecule has 0 aliphatic carbocycles. The van der Waals surface area contributed by atoms with Gasteiger partial charge >= 0.3 is 7.12 Å². The molecule has 9 heterocycles. The second kappa shape index (κ2) is 27.4. The van der Waals surface area contributed by atoms with Crippen LogP contribution in [-0.2, 0) is 18.8 Å². The molecule has 3 aliphatic rings. The Morgan fingerprint density at radius 2 is 1.01 bits per heavy atom. The van der Waals surface area contributed by atoms with Crippen molar-refractivity contribution in [2.75, 3.05) is 83.1 Å². The Balaban J connectivity index is 0.000000164. The van der Waals surface area contributed by atoms with E-state index in [2.05, 4.69) is 32.1 Å². The highest BCUT2D eigenvalue weighted by atomic mass is 35.5. The molecule has 11 rings (SSSR count). The number of methoxy groups -OCH3 is 4. The van der Waals surface area contributed by atoms with E-state index in [1.807, 2.05) is 45.9 Å². The van der Waals surface area contributed by atoms with E-state index in [1.54, 1.807) is 84.0 Å². The number of carbonyl (C=O) groups is 2. The lowest BCUT2D eigenvalue weighted by Gasteiger charge is -2.32. The smallest absolute Gasteiger partial charge is 0.494 e. The SMILES string of the molecule is CC1(C)OB(c2ccc(OC3CCOCC3)c(C#N)c2)OC1(C)C.COc1cc(C(=O)N(C)C)cnc1-c1cc2ncc(OC)c(-c3ccc(OC4CCOCC4)c(C#N)c3)c2o1.COc1cc(C(=O)N(C)C)cnc1-c1cc2ncc(OC)c(Cl)c2o1. The largest absolute Gasteiger partial charge is 0.494 e. The van der Waals surface area contributed by atoms with Crippen LogP contribution >= 0.6 is 11.6 Å². The van der Waals surface area contributed by atoms with Gasteiger partial charge < -0.3 is 65.8 Å². The molecule has 3 fully saturated rings. The van der Waals surface area contributed by atoms with Gasteiger partial charge in [-0.1, -0.05) is 23.7 Å². The van der Waals surface area contributed by atoms with Crippen molar-refractivity contribution in [3.8, 4) is 80.7 Å². The third-order valence-electron chi connectivity index (χ3n) is 15.3. The summed E-state index contributed by atoms with van der Waals surface area (Å²) in [5.74, 6) is 3.32. The minimum atomic E-state index is -0.473. The average Bonchev–Trinajstić information content (AvgIpc) is 2.47. The summed E-state index contributed by atoms with van der Waals surface area (Å²) < 4.78 is 68.7. The van der Waals surface area contributed by atoms with Gasteiger partial charge in [-0.2, -0.15) is 10.5 Å². The minimum Gasteiger partial charge on any atom is -0.494 e. The van der Waals surface area contributed by atoms with Crippen LogP contribution in [0.25, 0.3) is 56.2 Å². The summed E-state index contributed by atoms with van der Waals surface area (Å²) in [6.45, 7) is 10.8. The van der Waals surface area contributed by atoms with Crippen LogP contribution in [-0.4, -0.2) is 155 Å². The first-order valence-corrected chi connectivity index (χ1v) is 28.6. The van der Waals surface area contributed by atoms with Gasteiger partial charge in [0.25, 0.3) is 11.8 Å². The zero-order chi connectivity index (χ0) is 63.0. The number of nitrogens with zero attached hydrogens (tertiary/aromatic N) is 8. The monoisotopic (exact) mass is 1220 g/mol. The number of benzene rings is 2. The molecule has 2 amide bonds. The van der Waals surface area contributed by atoms with Crippen molar-refractivity contribution in [3.63, 3.8) is 0 Å². The van der Waals surface area contributed by atoms with E-state index in [4.69, 9.17) is 67.6 Å². The number of amides is 2. The van der Waals surface area contributed by atoms with Gasteiger partial charge in [0.2, 0.25) is 0 Å². The number of fused-ring (bicyclic) bond motifs is 2. The Morgan fingerprint density at radius 3 is 1.48 bits per heavy atom. The molecule has 458 valence electrons. The fraction of sp³-hybridized carbons (Fsp3) is 0.375. The van der Waals surface area contributed by atoms with Gasteiger partial charge in [-0.15, -0.1) is 0 Å². The lowest BCUT2D eigenvalue weighted by Crippen LogP contribution is -2.41. The molecule has 88 heavy (non-hydrogen) atoms. The van der Waals surface area contributed by atoms with E-state index in [0.717, 1.165) is 31.1 Å². The number of aromatic nitrogens is 4. The lowest BCUT2D eigenvalue weighted by molar-refractivity contribution is 0.00578. The molecule has 6 aromatic heterocycles. The molecule has 0 N–H and O–H groups in total. The normalized spacial score (nSPS) is 15.4. The average molecular weight is 1220 g/mol. The van der Waals surface area contributed by atoms with Crippen molar-refractivity contribution in [2.45, 2.75) is 76.8 Å². The number of hydrogen-bond donors (Lipinski definition) is 0. The predicted molar refractivity (Wildman–Crippen MR) is 328 cm³/mol. The minimum absolute atomic E-state index is 0.00777. The van der Waals surface area contributed by atoms with Crippen LogP contribution in [0.3, 0.4) is 0 Å². The van der Waals surface area contributed by atoms with E-state index in [9.17, 15) is 20.1 Å². The summed E-state index contributed by atoms with van der Waals surface area (Å²) in [6, 6.07) is 22.2. The van der Waals surface area contributed by atoms with Gasteiger partial charge in [0.1, 0.15) is 80.5 Å². The molecule has 3 aliphatic heterocycles. The van der Waals surface area contributed by atoms with E-state index in [-0.39, 0.29) is 24.0 Å². The highest BCUT2D eigenvalue weighted by molar-refractivity contribution is 6.62. The quantitative estimate of drug-likeness (QED) is 0.0917. The van der Waals surface area contributed by atoms with E-state index in [1.165, 1.54) is 49.7 Å². The molecule has 0 radical (unpaired) electrons. The first-order chi connectivity index (χ1) is 42.2. The topological polar surface area (TPSA) is 258 Å². The lowest BCUT2D eigenvalue weighted by atomic mass is 9.78.